The SMILES string of the molecule is COC(=O)C(NC(=O)CN)=C(C)C. The Bertz CT molecular complexity index is 242. The van der Waals surface area contributed by atoms with Crippen LogP contribution in [0.5, 0.6) is 0 Å². The molecule has 0 aliphatic rings. The standard InChI is InChI=1S/C8H14N2O3/c1-5(2)7(8(12)13-3)10-6(11)4-9/h4,9H2,1-3H3,(H,10,11). The maximum Gasteiger partial charge on any atom is 0.354 e. The van der Waals surface area contributed by atoms with Gasteiger partial charge in [0.05, 0.1) is 13.7 Å². The van der Waals surface area contributed by atoms with Crippen molar-refractivity contribution in [2.24, 2.45) is 5.73 Å². The molecule has 0 heterocycles. The average Bonchev–Trinajstić information content (AvgIpc) is 2.11. The van der Waals surface area contributed by atoms with Gasteiger partial charge in [0.2, 0.25) is 5.91 Å². The van der Waals surface area contributed by atoms with Gasteiger partial charge < -0.3 is 15.8 Å². The first kappa shape index (κ1) is 11.6. The normalized spacial score (nSPS) is 8.92. The molecule has 0 rings (SSSR count). The molecule has 74 valence electrons. The summed E-state index contributed by atoms with van der Waals surface area (Å²) in [6, 6.07) is 0. The zero-order valence-corrected chi connectivity index (χ0v) is 8.01. The molecular formula is C8H14N2O3. The summed E-state index contributed by atoms with van der Waals surface area (Å²) in [4.78, 5) is 21.9. The van der Waals surface area contributed by atoms with Crippen LogP contribution in [0.4, 0.5) is 0 Å². The maximum absolute atomic E-state index is 11.1. The van der Waals surface area contributed by atoms with Crippen molar-refractivity contribution in [3.63, 3.8) is 0 Å². The van der Waals surface area contributed by atoms with Crippen LogP contribution < -0.4 is 11.1 Å². The van der Waals surface area contributed by atoms with Crippen LogP contribution in [0.2, 0.25) is 0 Å². The van der Waals surface area contributed by atoms with Crippen molar-refractivity contribution >= 4 is 11.9 Å². The summed E-state index contributed by atoms with van der Waals surface area (Å²) < 4.78 is 4.47. The topological polar surface area (TPSA) is 81.4 Å². The molecule has 0 aromatic carbocycles. The van der Waals surface area contributed by atoms with Gasteiger partial charge in [0.1, 0.15) is 5.70 Å². The molecule has 5 heteroatoms. The Kier molecular flexibility index (Phi) is 4.76. The smallest absolute Gasteiger partial charge is 0.354 e. The van der Waals surface area contributed by atoms with E-state index in [1.165, 1.54) is 7.11 Å². The zero-order valence-electron chi connectivity index (χ0n) is 8.01. The van der Waals surface area contributed by atoms with Crippen LogP contribution in [0.3, 0.4) is 0 Å². The highest BCUT2D eigenvalue weighted by Crippen LogP contribution is 2.00. The summed E-state index contributed by atoms with van der Waals surface area (Å²) in [5.41, 5.74) is 5.90. The number of nitrogens with one attached hydrogen (secondary N) is 1. The van der Waals surface area contributed by atoms with Gasteiger partial charge in [0, 0.05) is 0 Å². The Morgan fingerprint density at radius 1 is 1.38 bits per heavy atom. The van der Waals surface area contributed by atoms with Gasteiger partial charge in [-0.05, 0) is 19.4 Å². The lowest BCUT2D eigenvalue weighted by molar-refractivity contribution is -0.137. The third-order valence-electron chi connectivity index (χ3n) is 1.34. The number of carbonyl (C=O) groups excluding carboxylic acids is 2. The molecular weight excluding hydrogens is 172 g/mol. The Morgan fingerprint density at radius 2 is 1.92 bits per heavy atom. The Balaban J connectivity index is 4.57. The van der Waals surface area contributed by atoms with E-state index in [4.69, 9.17) is 5.73 Å². The maximum atomic E-state index is 11.1. The van der Waals surface area contributed by atoms with Crippen molar-refractivity contribution in [1.82, 2.24) is 5.32 Å². The van der Waals surface area contributed by atoms with Gasteiger partial charge in [0.15, 0.2) is 0 Å². The number of nitrogens with two attached hydrogens (primary N) is 1. The van der Waals surface area contributed by atoms with Crippen LogP contribution >= 0.6 is 0 Å². The number of methoxy groups -OCH3 is 1. The van der Waals surface area contributed by atoms with Gasteiger partial charge in [-0.2, -0.15) is 0 Å². The monoisotopic (exact) mass is 186 g/mol. The van der Waals surface area contributed by atoms with Crippen molar-refractivity contribution in [2.75, 3.05) is 13.7 Å². The molecule has 3 N–H and O–H groups in total. The molecule has 13 heavy (non-hydrogen) atoms. The van der Waals surface area contributed by atoms with E-state index in [0.29, 0.717) is 5.57 Å². The molecule has 0 aromatic heterocycles. The minimum atomic E-state index is -0.568. The summed E-state index contributed by atoms with van der Waals surface area (Å²) in [6.45, 7) is 3.24. The van der Waals surface area contributed by atoms with Crippen molar-refractivity contribution in [2.45, 2.75) is 13.8 Å². The van der Waals surface area contributed by atoms with Crippen LogP contribution in [-0.2, 0) is 14.3 Å². The van der Waals surface area contributed by atoms with E-state index in [-0.39, 0.29) is 12.2 Å². The minimum absolute atomic E-state index is 0.151. The number of carbonyl (C=O) groups is 2. The van der Waals surface area contributed by atoms with E-state index in [1.54, 1.807) is 13.8 Å². The van der Waals surface area contributed by atoms with E-state index in [2.05, 4.69) is 10.1 Å². The number of ether oxygens (including phenoxy) is 1. The zero-order chi connectivity index (χ0) is 10.4. The third kappa shape index (κ3) is 3.71. The second kappa shape index (κ2) is 5.31. The average molecular weight is 186 g/mol. The van der Waals surface area contributed by atoms with Crippen LogP contribution in [0.1, 0.15) is 13.8 Å². The number of allylic oxidation sites excluding steroid dienone is 1. The molecule has 0 aliphatic heterocycles. The number of esters is 1. The van der Waals surface area contributed by atoms with E-state index < -0.39 is 11.9 Å². The van der Waals surface area contributed by atoms with Crippen molar-refractivity contribution in [3.05, 3.63) is 11.3 Å². The van der Waals surface area contributed by atoms with Crippen LogP contribution in [0, 0.1) is 0 Å². The molecule has 0 saturated heterocycles. The molecule has 1 amide bonds. The fourth-order valence-corrected chi connectivity index (χ4v) is 0.673. The van der Waals surface area contributed by atoms with Crippen LogP contribution in [0.15, 0.2) is 11.3 Å². The third-order valence-corrected chi connectivity index (χ3v) is 1.34. The van der Waals surface area contributed by atoms with Gasteiger partial charge in [-0.3, -0.25) is 4.79 Å². The lowest BCUT2D eigenvalue weighted by Gasteiger charge is -2.08. The predicted molar refractivity (Wildman–Crippen MR) is 47.6 cm³/mol. The highest BCUT2D eigenvalue weighted by Gasteiger charge is 2.13. The van der Waals surface area contributed by atoms with E-state index in [1.807, 2.05) is 0 Å². The molecule has 0 atom stereocenters. The highest BCUT2D eigenvalue weighted by molar-refractivity contribution is 5.94. The summed E-state index contributed by atoms with van der Waals surface area (Å²) in [5.74, 6) is -0.983. The van der Waals surface area contributed by atoms with Crippen molar-refractivity contribution < 1.29 is 14.3 Å². The Morgan fingerprint density at radius 3 is 2.23 bits per heavy atom. The molecule has 0 saturated carbocycles. The Labute approximate surface area is 76.9 Å². The lowest BCUT2D eigenvalue weighted by Crippen LogP contribution is -2.33. The predicted octanol–water partition coefficient (Wildman–Crippen LogP) is -0.472. The lowest BCUT2D eigenvalue weighted by atomic mass is 10.2. The highest BCUT2D eigenvalue weighted by atomic mass is 16.5. The second-order valence-corrected chi connectivity index (χ2v) is 2.62. The molecule has 0 spiro atoms. The number of rotatable bonds is 3. The number of hydrogen-bond donors (Lipinski definition) is 2. The van der Waals surface area contributed by atoms with E-state index >= 15 is 0 Å². The molecule has 0 radical (unpaired) electrons. The fraction of sp³-hybridized carbons (Fsp3) is 0.500. The molecule has 5 nitrogen and oxygen atoms in total. The fourth-order valence-electron chi connectivity index (χ4n) is 0.673. The molecule has 0 fully saturated rings. The van der Waals surface area contributed by atoms with Gasteiger partial charge in [-0.15, -0.1) is 0 Å². The summed E-state index contributed by atoms with van der Waals surface area (Å²) in [6.07, 6.45) is 0. The van der Waals surface area contributed by atoms with Crippen LogP contribution in [0.25, 0.3) is 0 Å². The second-order valence-electron chi connectivity index (χ2n) is 2.62. The molecule has 0 aliphatic carbocycles. The van der Waals surface area contributed by atoms with Crippen LogP contribution in [-0.4, -0.2) is 25.5 Å². The van der Waals surface area contributed by atoms with Gasteiger partial charge >= 0.3 is 5.97 Å². The minimum Gasteiger partial charge on any atom is -0.464 e. The van der Waals surface area contributed by atoms with Gasteiger partial charge in [-0.1, -0.05) is 0 Å². The number of amides is 1. The first-order valence-electron chi connectivity index (χ1n) is 3.78. The Hall–Kier alpha value is -1.36. The largest absolute Gasteiger partial charge is 0.464 e. The first-order chi connectivity index (χ1) is 6.02. The molecule has 0 bridgehead atoms. The van der Waals surface area contributed by atoms with Gasteiger partial charge in [-0.25, -0.2) is 4.79 Å². The van der Waals surface area contributed by atoms with Crippen molar-refractivity contribution in [1.29, 1.82) is 0 Å². The summed E-state index contributed by atoms with van der Waals surface area (Å²) in [5, 5.41) is 2.36. The quantitative estimate of drug-likeness (QED) is 0.461. The summed E-state index contributed by atoms with van der Waals surface area (Å²) >= 11 is 0. The first-order valence-corrected chi connectivity index (χ1v) is 3.78. The van der Waals surface area contributed by atoms with E-state index in [0.717, 1.165) is 0 Å². The summed E-state index contributed by atoms with van der Waals surface area (Å²) in [7, 11) is 1.25. The van der Waals surface area contributed by atoms with Crippen molar-refractivity contribution in [3.8, 4) is 0 Å². The molecule has 0 aromatic rings. The number of hydrogen-bond acceptors (Lipinski definition) is 4. The molecule has 0 unspecified atom stereocenters. The van der Waals surface area contributed by atoms with Gasteiger partial charge in [0.25, 0.3) is 0 Å². The van der Waals surface area contributed by atoms with E-state index in [9.17, 15) is 9.59 Å².